The molecule has 1 heterocycles. The smallest absolute Gasteiger partial charge is 0.120 e. The van der Waals surface area contributed by atoms with E-state index >= 15 is 0 Å². The van der Waals surface area contributed by atoms with Crippen LogP contribution in [0, 0.1) is 0 Å². The summed E-state index contributed by atoms with van der Waals surface area (Å²) in [6.07, 6.45) is 1.57. The van der Waals surface area contributed by atoms with Crippen LogP contribution in [-0.4, -0.2) is 9.97 Å². The molecule has 0 saturated carbocycles. The van der Waals surface area contributed by atoms with Gasteiger partial charge in [-0.15, -0.1) is 0 Å². The van der Waals surface area contributed by atoms with E-state index in [1.54, 1.807) is 6.20 Å². The molecule has 0 fully saturated rings. The van der Waals surface area contributed by atoms with Crippen molar-refractivity contribution in [3.05, 3.63) is 12.0 Å². The van der Waals surface area contributed by atoms with E-state index in [0.29, 0.717) is 11.6 Å². The van der Waals surface area contributed by atoms with E-state index < -0.39 is 0 Å². The minimum absolute atomic E-state index is 0.592. The Morgan fingerprint density at radius 1 is 1.88 bits per heavy atom. The zero-order valence-corrected chi connectivity index (χ0v) is 5.15. The first kappa shape index (κ1) is 5.50. The van der Waals surface area contributed by atoms with Crippen LogP contribution in [0.3, 0.4) is 0 Å². The number of rotatable bonds is 1. The van der Waals surface area contributed by atoms with Crippen LogP contribution < -0.4 is 5.73 Å². The number of nitrogen functional groups attached to an aromatic ring is 1. The molecule has 44 valence electrons. The SMILES string of the molecule is Nc1cnc(CS)[nH]1. The molecular formula is C4H7N3S. The van der Waals surface area contributed by atoms with Crippen molar-refractivity contribution in [2.75, 3.05) is 5.73 Å². The van der Waals surface area contributed by atoms with Crippen LogP contribution >= 0.6 is 12.6 Å². The van der Waals surface area contributed by atoms with Crippen molar-refractivity contribution in [3.8, 4) is 0 Å². The average molecular weight is 129 g/mol. The molecule has 0 aliphatic rings. The number of anilines is 1. The van der Waals surface area contributed by atoms with E-state index in [2.05, 4.69) is 22.6 Å². The number of hydrogen-bond acceptors (Lipinski definition) is 3. The molecule has 0 radical (unpaired) electrons. The monoisotopic (exact) mass is 129 g/mol. The van der Waals surface area contributed by atoms with E-state index in [1.807, 2.05) is 0 Å². The van der Waals surface area contributed by atoms with Gasteiger partial charge in [-0.2, -0.15) is 12.6 Å². The number of aromatic nitrogens is 2. The molecule has 1 aromatic heterocycles. The van der Waals surface area contributed by atoms with Gasteiger partial charge in [0.05, 0.1) is 6.20 Å². The Bertz CT molecular complexity index is 172. The molecule has 3 N–H and O–H groups in total. The van der Waals surface area contributed by atoms with Crippen LogP contribution in [0.1, 0.15) is 5.82 Å². The average Bonchev–Trinajstić information content (AvgIpc) is 2.14. The first-order valence-electron chi connectivity index (χ1n) is 2.23. The summed E-state index contributed by atoms with van der Waals surface area (Å²) >= 11 is 3.97. The molecule has 1 rings (SSSR count). The fourth-order valence-corrected chi connectivity index (χ4v) is 0.620. The highest BCUT2D eigenvalue weighted by Gasteiger charge is 1.90. The summed E-state index contributed by atoms with van der Waals surface area (Å²) in [5.74, 6) is 2.01. The van der Waals surface area contributed by atoms with Crippen LogP contribution in [0.5, 0.6) is 0 Å². The molecule has 0 bridgehead atoms. The Morgan fingerprint density at radius 2 is 2.62 bits per heavy atom. The molecule has 3 nitrogen and oxygen atoms in total. The number of imidazole rings is 1. The minimum Gasteiger partial charge on any atom is -0.384 e. The largest absolute Gasteiger partial charge is 0.384 e. The lowest BCUT2D eigenvalue weighted by molar-refractivity contribution is 1.13. The maximum Gasteiger partial charge on any atom is 0.120 e. The van der Waals surface area contributed by atoms with E-state index in [1.165, 1.54) is 0 Å². The normalized spacial score (nSPS) is 9.62. The van der Waals surface area contributed by atoms with Crippen molar-refractivity contribution in [1.29, 1.82) is 0 Å². The van der Waals surface area contributed by atoms with Crippen LogP contribution in [0.4, 0.5) is 5.82 Å². The molecule has 0 amide bonds. The molecule has 0 aromatic carbocycles. The van der Waals surface area contributed by atoms with E-state index in [-0.39, 0.29) is 0 Å². The van der Waals surface area contributed by atoms with Gasteiger partial charge in [0.1, 0.15) is 11.6 Å². The zero-order chi connectivity index (χ0) is 5.98. The first-order valence-corrected chi connectivity index (χ1v) is 2.86. The molecule has 0 aliphatic heterocycles. The lowest BCUT2D eigenvalue weighted by atomic mass is 10.7. The number of nitrogens with one attached hydrogen (secondary N) is 1. The lowest BCUT2D eigenvalue weighted by Crippen LogP contribution is -1.83. The molecule has 0 unspecified atom stereocenters. The standard InChI is InChI=1S/C4H7N3S/c5-3-1-6-4(2-8)7-3/h1,8H,2,5H2,(H,6,7). The minimum atomic E-state index is 0.592. The van der Waals surface area contributed by atoms with Crippen LogP contribution in [0.25, 0.3) is 0 Å². The summed E-state index contributed by atoms with van der Waals surface area (Å²) < 4.78 is 0. The molecule has 4 heteroatoms. The van der Waals surface area contributed by atoms with Gasteiger partial charge < -0.3 is 10.7 Å². The van der Waals surface area contributed by atoms with Gasteiger partial charge >= 0.3 is 0 Å². The number of thiol groups is 1. The highest BCUT2D eigenvalue weighted by molar-refractivity contribution is 7.79. The second kappa shape index (κ2) is 2.09. The third-order valence-corrected chi connectivity index (χ3v) is 1.10. The second-order valence-electron chi connectivity index (χ2n) is 1.44. The van der Waals surface area contributed by atoms with Gasteiger partial charge in [0.15, 0.2) is 0 Å². The third-order valence-electron chi connectivity index (χ3n) is 0.798. The molecule has 0 spiro atoms. The van der Waals surface area contributed by atoms with Crippen LogP contribution in [0.15, 0.2) is 6.20 Å². The third kappa shape index (κ3) is 0.949. The molecule has 0 aliphatic carbocycles. The second-order valence-corrected chi connectivity index (χ2v) is 1.76. The Balaban J connectivity index is 2.84. The number of nitrogens with zero attached hydrogens (tertiary/aromatic N) is 1. The van der Waals surface area contributed by atoms with Crippen molar-refractivity contribution in [2.45, 2.75) is 5.75 Å². The number of nitrogens with two attached hydrogens (primary N) is 1. The number of aromatic amines is 1. The zero-order valence-electron chi connectivity index (χ0n) is 4.26. The maximum absolute atomic E-state index is 5.30. The van der Waals surface area contributed by atoms with Crippen LogP contribution in [-0.2, 0) is 5.75 Å². The number of H-pyrrole nitrogens is 1. The van der Waals surface area contributed by atoms with Gasteiger partial charge in [-0.05, 0) is 0 Å². The topological polar surface area (TPSA) is 54.7 Å². The van der Waals surface area contributed by atoms with E-state index in [0.717, 1.165) is 5.82 Å². The van der Waals surface area contributed by atoms with Gasteiger partial charge in [0.25, 0.3) is 0 Å². The van der Waals surface area contributed by atoms with E-state index in [4.69, 9.17) is 5.73 Å². The maximum atomic E-state index is 5.30. The summed E-state index contributed by atoms with van der Waals surface area (Å²) in [6.45, 7) is 0. The summed E-state index contributed by atoms with van der Waals surface area (Å²) in [4.78, 5) is 6.69. The van der Waals surface area contributed by atoms with Crippen molar-refractivity contribution < 1.29 is 0 Å². The summed E-state index contributed by atoms with van der Waals surface area (Å²) in [5, 5.41) is 0. The molecule has 0 saturated heterocycles. The quantitative estimate of drug-likeness (QED) is 0.481. The van der Waals surface area contributed by atoms with Gasteiger partial charge in [0.2, 0.25) is 0 Å². The fraction of sp³-hybridized carbons (Fsp3) is 0.250. The van der Waals surface area contributed by atoms with Gasteiger partial charge in [-0.3, -0.25) is 0 Å². The highest BCUT2D eigenvalue weighted by atomic mass is 32.1. The predicted molar refractivity (Wildman–Crippen MR) is 35.7 cm³/mol. The predicted octanol–water partition coefficient (Wildman–Crippen LogP) is 0.422. The first-order chi connectivity index (χ1) is 3.83. The van der Waals surface area contributed by atoms with Crippen molar-refractivity contribution >= 4 is 18.4 Å². The van der Waals surface area contributed by atoms with Gasteiger partial charge in [0, 0.05) is 5.75 Å². The fourth-order valence-electron chi connectivity index (χ4n) is 0.459. The summed E-state index contributed by atoms with van der Waals surface area (Å²) in [6, 6.07) is 0. The molecule has 8 heavy (non-hydrogen) atoms. The Hall–Kier alpha value is -0.640. The van der Waals surface area contributed by atoms with E-state index in [9.17, 15) is 0 Å². The van der Waals surface area contributed by atoms with Gasteiger partial charge in [-0.1, -0.05) is 0 Å². The number of hydrogen-bond donors (Lipinski definition) is 3. The van der Waals surface area contributed by atoms with Crippen molar-refractivity contribution in [2.24, 2.45) is 0 Å². The Kier molecular flexibility index (Phi) is 1.43. The van der Waals surface area contributed by atoms with Crippen LogP contribution in [0.2, 0.25) is 0 Å². The molecular weight excluding hydrogens is 122 g/mol. The summed E-state index contributed by atoms with van der Waals surface area (Å²) in [7, 11) is 0. The Morgan fingerprint density at radius 3 is 2.88 bits per heavy atom. The lowest BCUT2D eigenvalue weighted by Gasteiger charge is -1.81. The van der Waals surface area contributed by atoms with Crippen molar-refractivity contribution in [1.82, 2.24) is 9.97 Å². The molecule has 0 atom stereocenters. The molecule has 1 aromatic rings. The Labute approximate surface area is 52.7 Å². The van der Waals surface area contributed by atoms with Crippen molar-refractivity contribution in [3.63, 3.8) is 0 Å². The summed E-state index contributed by atoms with van der Waals surface area (Å²) in [5.41, 5.74) is 5.30. The highest BCUT2D eigenvalue weighted by Crippen LogP contribution is 1.98. The van der Waals surface area contributed by atoms with Gasteiger partial charge in [-0.25, -0.2) is 4.98 Å².